The highest BCUT2D eigenvalue weighted by Crippen LogP contribution is 2.20. The van der Waals surface area contributed by atoms with Gasteiger partial charge in [-0.05, 0) is 37.1 Å². The second-order valence-corrected chi connectivity index (χ2v) is 7.36. The Balaban J connectivity index is 1.99. The fraction of sp³-hybridized carbons (Fsp3) is 0.375. The molecule has 24 heavy (non-hydrogen) atoms. The average Bonchev–Trinajstić information content (AvgIpc) is 2.54. The number of nitrogens with one attached hydrogen (secondary N) is 2. The van der Waals surface area contributed by atoms with Gasteiger partial charge in [0.25, 0.3) is 0 Å². The average molecular weight is 352 g/mol. The molecule has 0 aromatic heterocycles. The summed E-state index contributed by atoms with van der Waals surface area (Å²) in [6.45, 7) is 0. The Kier molecular flexibility index (Phi) is 6.10. The van der Waals surface area contributed by atoms with E-state index in [1.165, 1.54) is 24.3 Å². The Hall–Kier alpha value is -2.19. The molecule has 0 bridgehead atoms. The maximum absolute atomic E-state index is 12.3. The highest BCUT2D eigenvalue weighted by Gasteiger charge is 2.21. The molecule has 8 heteroatoms. The lowest BCUT2D eigenvalue weighted by Gasteiger charge is -2.22. The lowest BCUT2D eigenvalue weighted by Crippen LogP contribution is -2.36. The molecule has 2 rings (SSSR count). The number of carboxylic acids is 1. The van der Waals surface area contributed by atoms with E-state index in [0.717, 1.165) is 44.3 Å². The number of amides is 1. The predicted octanol–water partition coefficient (Wildman–Crippen LogP) is 1.88. The zero-order chi connectivity index (χ0) is 17.6. The minimum absolute atomic E-state index is 0.0238. The van der Waals surface area contributed by atoms with E-state index in [0.29, 0.717) is 5.69 Å². The minimum Gasteiger partial charge on any atom is -0.478 e. The Morgan fingerprint density at radius 3 is 2.25 bits per heavy atom. The van der Waals surface area contributed by atoms with E-state index in [1.54, 1.807) is 0 Å². The van der Waals surface area contributed by atoms with Crippen molar-refractivity contribution in [1.29, 1.82) is 0 Å². The molecule has 1 saturated carbocycles. The third kappa shape index (κ3) is 5.47. The molecule has 3 N–H and O–H groups in total. The zero-order valence-electron chi connectivity index (χ0n) is 13.1. The molecule has 0 heterocycles. The lowest BCUT2D eigenvalue weighted by molar-refractivity contribution is -0.131. The van der Waals surface area contributed by atoms with Crippen LogP contribution < -0.4 is 10.0 Å². The largest absolute Gasteiger partial charge is 0.478 e. The first kappa shape index (κ1) is 18.2. The van der Waals surface area contributed by atoms with E-state index in [4.69, 9.17) is 5.11 Å². The highest BCUT2D eigenvalue weighted by molar-refractivity contribution is 7.89. The molecule has 0 radical (unpaired) electrons. The van der Waals surface area contributed by atoms with E-state index in [-0.39, 0.29) is 10.9 Å². The van der Waals surface area contributed by atoms with Gasteiger partial charge in [0.05, 0.1) is 4.90 Å². The first-order valence-corrected chi connectivity index (χ1v) is 9.19. The maximum Gasteiger partial charge on any atom is 0.328 e. The van der Waals surface area contributed by atoms with Crippen molar-refractivity contribution in [3.05, 3.63) is 36.4 Å². The number of carbonyl (C=O) groups is 2. The van der Waals surface area contributed by atoms with Crippen molar-refractivity contribution in [2.75, 3.05) is 5.32 Å². The van der Waals surface area contributed by atoms with Gasteiger partial charge in [0.15, 0.2) is 0 Å². The normalized spacial score (nSPS) is 16.2. The number of hydrogen-bond donors (Lipinski definition) is 3. The molecule has 0 spiro atoms. The van der Waals surface area contributed by atoms with Gasteiger partial charge in [-0.3, -0.25) is 4.79 Å². The summed E-state index contributed by atoms with van der Waals surface area (Å²) < 4.78 is 27.4. The number of hydrogen-bond acceptors (Lipinski definition) is 4. The summed E-state index contributed by atoms with van der Waals surface area (Å²) >= 11 is 0. The van der Waals surface area contributed by atoms with Crippen LogP contribution in [0.25, 0.3) is 0 Å². The number of rotatable bonds is 6. The van der Waals surface area contributed by atoms with Gasteiger partial charge >= 0.3 is 5.97 Å². The monoisotopic (exact) mass is 352 g/mol. The van der Waals surface area contributed by atoms with Crippen LogP contribution in [0.3, 0.4) is 0 Å². The molecule has 1 aliphatic rings. The first-order valence-electron chi connectivity index (χ1n) is 7.71. The van der Waals surface area contributed by atoms with Gasteiger partial charge in [-0.25, -0.2) is 17.9 Å². The molecule has 1 fully saturated rings. The first-order chi connectivity index (χ1) is 11.4. The lowest BCUT2D eigenvalue weighted by atomic mass is 9.96. The molecule has 1 aliphatic carbocycles. The summed E-state index contributed by atoms with van der Waals surface area (Å²) in [5.74, 6) is -1.83. The summed E-state index contributed by atoms with van der Waals surface area (Å²) in [7, 11) is -3.58. The Morgan fingerprint density at radius 2 is 1.67 bits per heavy atom. The summed E-state index contributed by atoms with van der Waals surface area (Å²) in [6, 6.07) is 5.71. The minimum atomic E-state index is -3.58. The Bertz CT molecular complexity index is 719. The number of carboxylic acid groups (broad SMARTS) is 1. The van der Waals surface area contributed by atoms with Crippen molar-refractivity contribution in [1.82, 2.24) is 4.72 Å². The van der Waals surface area contributed by atoms with Crippen molar-refractivity contribution in [2.24, 2.45) is 0 Å². The van der Waals surface area contributed by atoms with Crippen LogP contribution in [0.1, 0.15) is 32.1 Å². The quantitative estimate of drug-likeness (QED) is 0.677. The van der Waals surface area contributed by atoms with Crippen LogP contribution in [0.2, 0.25) is 0 Å². The van der Waals surface area contributed by atoms with Crippen LogP contribution in [0, 0.1) is 0 Å². The summed E-state index contributed by atoms with van der Waals surface area (Å²) in [4.78, 5) is 21.9. The topological polar surface area (TPSA) is 113 Å². The van der Waals surface area contributed by atoms with Gasteiger partial charge in [-0.1, -0.05) is 19.3 Å². The SMILES string of the molecule is O=C(O)C=CC(=O)Nc1ccc(S(=O)(=O)NC2CCCCC2)cc1. The van der Waals surface area contributed by atoms with Crippen molar-refractivity contribution >= 4 is 27.6 Å². The van der Waals surface area contributed by atoms with Gasteiger partial charge in [0.2, 0.25) is 15.9 Å². The summed E-state index contributed by atoms with van der Waals surface area (Å²) in [5, 5.41) is 10.9. The van der Waals surface area contributed by atoms with Gasteiger partial charge in [0.1, 0.15) is 0 Å². The van der Waals surface area contributed by atoms with Crippen LogP contribution in [-0.2, 0) is 19.6 Å². The van der Waals surface area contributed by atoms with Crippen molar-refractivity contribution < 1.29 is 23.1 Å². The predicted molar refractivity (Wildman–Crippen MR) is 89.0 cm³/mol. The number of benzene rings is 1. The molecule has 0 atom stereocenters. The fourth-order valence-electron chi connectivity index (χ4n) is 2.56. The molecular weight excluding hydrogens is 332 g/mol. The smallest absolute Gasteiger partial charge is 0.328 e. The molecule has 0 saturated heterocycles. The van der Waals surface area contributed by atoms with Crippen molar-refractivity contribution in [2.45, 2.75) is 43.0 Å². The van der Waals surface area contributed by atoms with Crippen LogP contribution >= 0.6 is 0 Å². The van der Waals surface area contributed by atoms with Crippen LogP contribution in [0.15, 0.2) is 41.3 Å². The van der Waals surface area contributed by atoms with Gasteiger partial charge in [0, 0.05) is 23.9 Å². The Morgan fingerprint density at radius 1 is 1.04 bits per heavy atom. The molecule has 0 unspecified atom stereocenters. The molecule has 7 nitrogen and oxygen atoms in total. The van der Waals surface area contributed by atoms with E-state index in [2.05, 4.69) is 10.0 Å². The van der Waals surface area contributed by atoms with Gasteiger partial charge in [-0.2, -0.15) is 0 Å². The third-order valence-electron chi connectivity index (χ3n) is 3.74. The van der Waals surface area contributed by atoms with Crippen molar-refractivity contribution in [3.8, 4) is 0 Å². The standard InChI is InChI=1S/C16H20N2O5S/c19-15(10-11-16(20)21)17-12-6-8-14(9-7-12)24(22,23)18-13-4-2-1-3-5-13/h6-11,13,18H,1-5H2,(H,17,19)(H,20,21). The maximum atomic E-state index is 12.3. The van der Waals surface area contributed by atoms with E-state index in [9.17, 15) is 18.0 Å². The molecule has 1 aromatic rings. The summed E-state index contributed by atoms with van der Waals surface area (Å²) in [5.41, 5.74) is 0.381. The second-order valence-electron chi connectivity index (χ2n) is 5.64. The van der Waals surface area contributed by atoms with E-state index in [1.807, 2.05) is 0 Å². The molecule has 1 amide bonds. The van der Waals surface area contributed by atoms with Crippen molar-refractivity contribution in [3.63, 3.8) is 0 Å². The number of sulfonamides is 1. The van der Waals surface area contributed by atoms with Gasteiger partial charge in [-0.15, -0.1) is 0 Å². The number of carbonyl (C=O) groups excluding carboxylic acids is 1. The van der Waals surface area contributed by atoms with Gasteiger partial charge < -0.3 is 10.4 Å². The zero-order valence-corrected chi connectivity index (χ0v) is 13.9. The Labute approximate surface area is 140 Å². The molecule has 0 aliphatic heterocycles. The third-order valence-corrected chi connectivity index (χ3v) is 5.27. The fourth-order valence-corrected chi connectivity index (χ4v) is 3.86. The molecule has 1 aromatic carbocycles. The molecule has 130 valence electrons. The van der Waals surface area contributed by atoms with Crippen LogP contribution in [-0.4, -0.2) is 31.4 Å². The number of anilines is 1. The van der Waals surface area contributed by atoms with E-state index >= 15 is 0 Å². The highest BCUT2D eigenvalue weighted by atomic mass is 32.2. The summed E-state index contributed by atoms with van der Waals surface area (Å²) in [6.07, 6.45) is 6.51. The number of aliphatic carboxylic acids is 1. The van der Waals surface area contributed by atoms with Crippen LogP contribution in [0.5, 0.6) is 0 Å². The van der Waals surface area contributed by atoms with E-state index < -0.39 is 21.9 Å². The molecular formula is C16H20N2O5S. The van der Waals surface area contributed by atoms with Crippen LogP contribution in [0.4, 0.5) is 5.69 Å². The second kappa shape index (κ2) is 8.07.